The van der Waals surface area contributed by atoms with E-state index in [2.05, 4.69) is 16.2 Å². The fraction of sp³-hybridized carbons (Fsp3) is 0.659. The van der Waals surface area contributed by atoms with Gasteiger partial charge in [-0.05, 0) is 95.3 Å². The van der Waals surface area contributed by atoms with Crippen LogP contribution in [0.4, 0.5) is 8.78 Å². The summed E-state index contributed by atoms with van der Waals surface area (Å²) in [6, 6.07) is 3.38. The number of benzene rings is 1. The monoisotopic (exact) mass is 933 g/mol. The number of aromatic nitrogens is 1. The van der Waals surface area contributed by atoms with Crippen LogP contribution in [-0.4, -0.2) is 97.0 Å². The summed E-state index contributed by atoms with van der Waals surface area (Å²) in [7, 11) is 2.58. The molecule has 1 aromatic heterocycles. The number of carboxylic acids is 1. The number of alkyl halides is 2. The van der Waals surface area contributed by atoms with Crippen molar-refractivity contribution in [1.82, 2.24) is 9.47 Å². The van der Waals surface area contributed by atoms with Gasteiger partial charge in [-0.15, -0.1) is 32.4 Å². The number of carboxylic acid groups (broad SMARTS) is 1. The molecule has 2 aromatic rings. The molecule has 18 heteroatoms. The second-order valence-electron chi connectivity index (χ2n) is 17.1. The number of rotatable bonds is 8. The van der Waals surface area contributed by atoms with Crippen LogP contribution in [0.5, 0.6) is 5.75 Å². The fourth-order valence-corrected chi connectivity index (χ4v) is 8.64. The molecule has 5 N–H and O–H groups in total. The minimum absolute atomic E-state index is 0.0245. The normalized spacial score (nSPS) is 24.5. The lowest BCUT2D eigenvalue weighted by Crippen LogP contribution is -2.59. The predicted octanol–water partition coefficient (Wildman–Crippen LogP) is 7.26. The van der Waals surface area contributed by atoms with Crippen LogP contribution >= 0.6 is 32.4 Å². The Morgan fingerprint density at radius 1 is 1.02 bits per heavy atom. The van der Waals surface area contributed by atoms with Crippen molar-refractivity contribution in [3.05, 3.63) is 63.1 Å². The van der Waals surface area contributed by atoms with E-state index in [-0.39, 0.29) is 90.4 Å². The summed E-state index contributed by atoms with van der Waals surface area (Å²) >= 11 is 9.53. The molecule has 5 aliphatic rings. The summed E-state index contributed by atoms with van der Waals surface area (Å²) in [4.78, 5) is 62.8. The van der Waals surface area contributed by atoms with Crippen LogP contribution in [0.1, 0.15) is 125 Å². The van der Waals surface area contributed by atoms with Gasteiger partial charge in [0.2, 0.25) is 5.43 Å². The van der Waals surface area contributed by atoms with Crippen LogP contribution in [0.25, 0.3) is 0 Å². The van der Waals surface area contributed by atoms with Crippen LogP contribution in [-0.2, 0) is 32.0 Å². The molecule has 3 aliphatic carbocycles. The van der Waals surface area contributed by atoms with E-state index in [1.54, 1.807) is 4.90 Å². The Hall–Kier alpha value is -3.20. The van der Waals surface area contributed by atoms with Crippen molar-refractivity contribution in [2.75, 3.05) is 24.7 Å². The maximum atomic E-state index is 13.9. The highest BCUT2D eigenvalue weighted by Crippen LogP contribution is 2.39. The zero-order valence-electron chi connectivity index (χ0n) is 36.1. The Kier molecular flexibility index (Phi) is 21.7. The van der Waals surface area contributed by atoms with E-state index >= 15 is 0 Å². The van der Waals surface area contributed by atoms with Gasteiger partial charge >= 0.3 is 11.9 Å². The zero-order chi connectivity index (χ0) is 46.3. The summed E-state index contributed by atoms with van der Waals surface area (Å²) in [5.74, 6) is -4.15. The standard InChI is InChI=1S/C23H22F2N2O5.C12H20O4.C6H13NO.C2H7P.CH2Cl2/c24-14-6-4-12(16(25)8-14)5-7-18(28)15-9-26-10-19-27(17-3-1-2-13(17)11-32-19)23(31)20(26)22(30)21(15)29;1-12(2,3)16-10(13)7-8-5-4-6-9(8)11(14)15;7-6-3-1-2-5(6)4-8;1-2-3;2-1-3/h4,6,8-9,13,17,19,30H,1-3,5,7,10-11H2;8-9H,4-7H2,1-3H3,(H,14,15);5-6,8H,1-4,7H2;2-3H2,1H3;1H2/t13-,17-,19+;8-,9-;5-,6-;;/m010../s1. The highest BCUT2D eigenvalue weighted by atomic mass is 35.5. The third-order valence-corrected chi connectivity index (χ3v) is 11.5. The lowest BCUT2D eigenvalue weighted by molar-refractivity contribution is -0.156. The number of aliphatic hydroxyl groups excluding tert-OH is 1. The van der Waals surface area contributed by atoms with Crippen LogP contribution in [0.15, 0.2) is 29.2 Å². The number of carbonyl (C=O) groups is 4. The van der Waals surface area contributed by atoms with Crippen LogP contribution in [0.3, 0.4) is 0 Å². The fourth-order valence-electron chi connectivity index (χ4n) is 8.64. The van der Waals surface area contributed by atoms with Crippen molar-refractivity contribution < 1.29 is 52.8 Å². The minimum atomic E-state index is -0.923. The first-order valence-electron chi connectivity index (χ1n) is 21.3. The van der Waals surface area contributed by atoms with Crippen LogP contribution in [0, 0.1) is 35.3 Å². The molecule has 348 valence electrons. The first-order chi connectivity index (χ1) is 29.3. The smallest absolute Gasteiger partial charge is 0.306 e. The zero-order valence-corrected chi connectivity index (χ0v) is 38.8. The lowest BCUT2D eigenvalue weighted by Gasteiger charge is -2.46. The van der Waals surface area contributed by atoms with Gasteiger partial charge in [-0.3, -0.25) is 24.0 Å². The molecule has 4 fully saturated rings. The third-order valence-electron chi connectivity index (χ3n) is 11.5. The second kappa shape index (κ2) is 25.3. The van der Waals surface area contributed by atoms with E-state index in [0.29, 0.717) is 18.9 Å². The van der Waals surface area contributed by atoms with E-state index in [1.165, 1.54) is 29.4 Å². The van der Waals surface area contributed by atoms with Gasteiger partial charge in [-0.2, -0.15) is 0 Å². The molecule has 8 atom stereocenters. The molecule has 0 spiro atoms. The second-order valence-corrected chi connectivity index (χ2v) is 18.7. The van der Waals surface area contributed by atoms with Crippen molar-refractivity contribution in [2.45, 2.75) is 135 Å². The van der Waals surface area contributed by atoms with E-state index in [9.17, 15) is 37.9 Å². The van der Waals surface area contributed by atoms with Crippen molar-refractivity contribution in [1.29, 1.82) is 0 Å². The highest BCUT2D eigenvalue weighted by molar-refractivity contribution is 7.16. The number of ether oxygens (including phenoxy) is 2. The number of aliphatic carboxylic acids is 1. The number of aliphatic hydroxyl groups is 1. The molecule has 7 rings (SSSR count). The summed E-state index contributed by atoms with van der Waals surface area (Å²) in [6.45, 7) is 8.56. The molecular weight excluding hydrogens is 870 g/mol. The molecular formula is C44H64Cl2F2N3O10P. The molecule has 62 heavy (non-hydrogen) atoms. The first kappa shape index (κ1) is 53.1. The van der Waals surface area contributed by atoms with Gasteiger partial charge in [-0.25, -0.2) is 8.78 Å². The maximum Gasteiger partial charge on any atom is 0.306 e. The van der Waals surface area contributed by atoms with E-state index < -0.39 is 52.3 Å². The van der Waals surface area contributed by atoms with Crippen molar-refractivity contribution in [3.8, 4) is 5.75 Å². The Morgan fingerprint density at radius 2 is 1.65 bits per heavy atom. The summed E-state index contributed by atoms with van der Waals surface area (Å²) in [6.07, 6.45) is 10.6. The molecule has 0 radical (unpaired) electrons. The number of halogens is 4. The number of aryl methyl sites for hydroxylation is 1. The number of aromatic hydroxyl groups is 1. The summed E-state index contributed by atoms with van der Waals surface area (Å²) < 4.78 is 39.4. The Morgan fingerprint density at radius 3 is 2.21 bits per heavy atom. The van der Waals surface area contributed by atoms with Gasteiger partial charge in [-0.1, -0.05) is 32.3 Å². The van der Waals surface area contributed by atoms with E-state index in [1.807, 2.05) is 20.8 Å². The molecule has 1 saturated heterocycles. The number of nitrogens with two attached hydrogens (primary N) is 1. The topological polar surface area (TPSA) is 199 Å². The largest absolute Gasteiger partial charge is 0.503 e. The minimum Gasteiger partial charge on any atom is -0.503 e. The number of pyridine rings is 1. The van der Waals surface area contributed by atoms with Gasteiger partial charge in [0.25, 0.3) is 5.91 Å². The van der Waals surface area contributed by atoms with Crippen LogP contribution < -0.4 is 11.2 Å². The Bertz CT molecular complexity index is 1880. The Labute approximate surface area is 375 Å². The Balaban J connectivity index is 0.000000282. The van der Waals surface area contributed by atoms with Gasteiger partial charge in [0, 0.05) is 49.7 Å². The number of Topliss-reactive ketones (excluding diaryl/α,β-unsaturated/α-hetero) is 1. The quantitative estimate of drug-likeness (QED) is 0.0900. The molecule has 1 aromatic carbocycles. The maximum absolute atomic E-state index is 13.9. The number of hydrogen-bond donors (Lipinski definition) is 4. The molecule has 13 nitrogen and oxygen atoms in total. The van der Waals surface area contributed by atoms with Gasteiger partial charge in [0.15, 0.2) is 23.5 Å². The van der Waals surface area contributed by atoms with Crippen molar-refractivity contribution >= 4 is 56.1 Å². The van der Waals surface area contributed by atoms with Gasteiger partial charge in [0.1, 0.15) is 17.2 Å². The summed E-state index contributed by atoms with van der Waals surface area (Å²) in [5, 5.41) is 28.4. The van der Waals surface area contributed by atoms with E-state index in [0.717, 1.165) is 57.1 Å². The van der Waals surface area contributed by atoms with Gasteiger partial charge in [0.05, 0.1) is 30.0 Å². The molecule has 0 bridgehead atoms. The average Bonchev–Trinajstić information content (AvgIpc) is 3.97. The van der Waals surface area contributed by atoms with Gasteiger partial charge < -0.3 is 40.0 Å². The number of amides is 1. The summed E-state index contributed by atoms with van der Waals surface area (Å²) in [5.41, 5.74) is 3.95. The molecule has 3 heterocycles. The highest BCUT2D eigenvalue weighted by Gasteiger charge is 2.47. The number of esters is 1. The lowest BCUT2D eigenvalue weighted by atomic mass is 9.93. The molecule has 2 aliphatic heterocycles. The van der Waals surface area contributed by atoms with Crippen molar-refractivity contribution in [2.24, 2.45) is 29.4 Å². The number of fused-ring (bicyclic) bond motifs is 4. The SMILES string of the molecule is CC(C)(C)OC(=O)C[C@H]1CCC[C@H]1C(=O)O.CCP.ClCCl.N[C@H]1CCC[C@H]1CO.O=C(CCc1ccc(F)cc1F)c1cn2c(c(O)c1=O)C(=O)N1[C@@H](C2)OC[C@@H]2CCC[C@@H]21. The average molecular weight is 935 g/mol. The predicted molar refractivity (Wildman–Crippen MR) is 237 cm³/mol. The number of nitrogens with zero attached hydrogens (tertiary/aromatic N) is 2. The third kappa shape index (κ3) is 14.9. The molecule has 3 saturated carbocycles. The number of ketones is 1. The van der Waals surface area contributed by atoms with Crippen LogP contribution in [0.2, 0.25) is 0 Å². The van der Waals surface area contributed by atoms with Crippen molar-refractivity contribution in [3.63, 3.8) is 0 Å². The first-order valence-corrected chi connectivity index (χ1v) is 23.2. The number of carbonyl (C=O) groups excluding carboxylic acids is 3. The van der Waals surface area contributed by atoms with E-state index in [4.69, 9.17) is 48.6 Å². The molecule has 1 amide bonds. The number of hydrogen-bond acceptors (Lipinski definition) is 10. The molecule has 1 unspecified atom stereocenters.